The molecule has 0 unspecified atom stereocenters. The van der Waals surface area contributed by atoms with Gasteiger partial charge in [0, 0.05) is 11.1 Å². The van der Waals surface area contributed by atoms with Crippen LogP contribution in [0.5, 0.6) is 5.75 Å². The fourth-order valence-electron chi connectivity index (χ4n) is 2.59. The molecule has 0 saturated carbocycles. The highest BCUT2D eigenvalue weighted by Crippen LogP contribution is 2.35. The Kier molecular flexibility index (Phi) is 4.66. The number of hydrogen-bond acceptors (Lipinski definition) is 4. The minimum Gasteiger partial charge on any atom is -0.618 e. The number of pyridine rings is 1. The molecule has 1 aliphatic heterocycles. The van der Waals surface area contributed by atoms with Crippen LogP contribution in [-0.2, 0) is 4.74 Å². The van der Waals surface area contributed by atoms with E-state index in [1.807, 2.05) is 0 Å². The van der Waals surface area contributed by atoms with E-state index in [9.17, 15) is 14.4 Å². The van der Waals surface area contributed by atoms with Crippen molar-refractivity contribution in [2.75, 3.05) is 18.1 Å². The second-order valence-corrected chi connectivity index (χ2v) is 7.28. The lowest BCUT2D eigenvalue weighted by Crippen LogP contribution is -2.43. The first-order valence-corrected chi connectivity index (χ1v) is 8.39. The monoisotopic (exact) mass is 380 g/mol. The molecular weight excluding hydrogens is 363 g/mol. The highest BCUT2D eigenvalue weighted by molar-refractivity contribution is 6.30. The van der Waals surface area contributed by atoms with Crippen LogP contribution in [0.4, 0.5) is 14.9 Å². The smallest absolute Gasteiger partial charge is 0.415 e. The number of ether oxygens (including phenoxy) is 2. The van der Waals surface area contributed by atoms with Crippen LogP contribution in [0.2, 0.25) is 5.02 Å². The van der Waals surface area contributed by atoms with Gasteiger partial charge in [-0.1, -0.05) is 11.6 Å². The van der Waals surface area contributed by atoms with Crippen LogP contribution in [0, 0.1) is 11.0 Å². The SMILES string of the molecule is CC(C)(C)OC(=O)N1CCOc2c[n+]([O-])c(-c3cc(Cl)ccc3F)cc21. The number of carbonyl (C=O) groups excluding carboxylic acids is 1. The van der Waals surface area contributed by atoms with E-state index in [1.165, 1.54) is 35.4 Å². The number of nitrogens with zero attached hydrogens (tertiary/aromatic N) is 2. The molecule has 3 rings (SSSR count). The van der Waals surface area contributed by atoms with Crippen molar-refractivity contribution in [2.24, 2.45) is 0 Å². The summed E-state index contributed by atoms with van der Waals surface area (Å²) in [6, 6.07) is 5.33. The quantitative estimate of drug-likeness (QED) is 0.555. The van der Waals surface area contributed by atoms with Gasteiger partial charge >= 0.3 is 6.09 Å². The maximum Gasteiger partial charge on any atom is 0.415 e. The van der Waals surface area contributed by atoms with Crippen LogP contribution in [0.25, 0.3) is 11.3 Å². The summed E-state index contributed by atoms with van der Waals surface area (Å²) in [6.45, 7) is 5.75. The summed E-state index contributed by atoms with van der Waals surface area (Å²) in [6.07, 6.45) is 0.602. The molecule has 1 aromatic heterocycles. The number of benzene rings is 1. The van der Waals surface area contributed by atoms with Gasteiger partial charge in [-0.05, 0) is 39.0 Å². The lowest BCUT2D eigenvalue weighted by molar-refractivity contribution is -0.594. The predicted molar refractivity (Wildman–Crippen MR) is 94.9 cm³/mol. The largest absolute Gasteiger partial charge is 0.618 e. The van der Waals surface area contributed by atoms with Gasteiger partial charge < -0.3 is 14.7 Å². The highest BCUT2D eigenvalue weighted by Gasteiger charge is 2.31. The Hall–Kier alpha value is -2.54. The summed E-state index contributed by atoms with van der Waals surface area (Å²) in [4.78, 5) is 13.9. The van der Waals surface area contributed by atoms with Crippen LogP contribution in [0.3, 0.4) is 0 Å². The third-order valence-corrected chi connectivity index (χ3v) is 3.91. The Morgan fingerprint density at radius 1 is 1.38 bits per heavy atom. The number of anilines is 1. The normalized spacial score (nSPS) is 13.8. The molecule has 138 valence electrons. The first kappa shape index (κ1) is 18.3. The second kappa shape index (κ2) is 6.64. The maximum atomic E-state index is 14.2. The molecular formula is C18H18ClFN2O4. The standard InChI is InChI=1S/C18H18ClFN2O4/c1-18(2,3)26-17(23)21-6-7-25-16-10-22(24)14(9-15(16)21)12-8-11(19)4-5-13(12)20/h4-5,8-10H,6-7H2,1-3H3. The Morgan fingerprint density at radius 3 is 2.81 bits per heavy atom. The molecule has 0 radical (unpaired) electrons. The molecule has 2 heterocycles. The molecule has 1 aliphatic rings. The summed E-state index contributed by atoms with van der Waals surface area (Å²) in [5, 5.41) is 12.6. The lowest BCUT2D eigenvalue weighted by Gasteiger charge is -2.31. The van der Waals surface area contributed by atoms with Crippen LogP contribution in [-0.4, -0.2) is 24.8 Å². The van der Waals surface area contributed by atoms with Crippen LogP contribution < -0.4 is 14.4 Å². The summed E-state index contributed by atoms with van der Waals surface area (Å²) in [5.74, 6) is -0.372. The summed E-state index contributed by atoms with van der Waals surface area (Å²) >= 11 is 5.93. The van der Waals surface area contributed by atoms with Crippen molar-refractivity contribution in [3.8, 4) is 17.0 Å². The minimum atomic E-state index is -0.676. The molecule has 0 spiro atoms. The molecule has 0 N–H and O–H groups in total. The Labute approximate surface area is 155 Å². The molecule has 0 fully saturated rings. The molecule has 6 nitrogen and oxygen atoms in total. The van der Waals surface area contributed by atoms with Crippen molar-refractivity contribution in [3.05, 3.63) is 46.5 Å². The first-order chi connectivity index (χ1) is 12.2. The molecule has 1 amide bonds. The molecule has 0 saturated heterocycles. The van der Waals surface area contributed by atoms with E-state index < -0.39 is 17.5 Å². The van der Waals surface area contributed by atoms with Gasteiger partial charge in [0.25, 0.3) is 0 Å². The van der Waals surface area contributed by atoms with Gasteiger partial charge in [-0.25, -0.2) is 9.18 Å². The van der Waals surface area contributed by atoms with Gasteiger partial charge in [-0.3, -0.25) is 4.90 Å². The van der Waals surface area contributed by atoms with E-state index in [1.54, 1.807) is 20.8 Å². The van der Waals surface area contributed by atoms with Crippen molar-refractivity contribution in [2.45, 2.75) is 26.4 Å². The fourth-order valence-corrected chi connectivity index (χ4v) is 2.76. The maximum absolute atomic E-state index is 14.2. The molecule has 26 heavy (non-hydrogen) atoms. The molecule has 1 aromatic carbocycles. The van der Waals surface area contributed by atoms with Crippen molar-refractivity contribution >= 4 is 23.4 Å². The van der Waals surface area contributed by atoms with E-state index in [0.717, 1.165) is 0 Å². The zero-order chi connectivity index (χ0) is 19.1. The third kappa shape index (κ3) is 3.67. The van der Waals surface area contributed by atoms with E-state index in [4.69, 9.17) is 21.1 Å². The van der Waals surface area contributed by atoms with Crippen molar-refractivity contribution < 1.29 is 23.4 Å². The van der Waals surface area contributed by atoms with Crippen molar-refractivity contribution in [1.29, 1.82) is 0 Å². The van der Waals surface area contributed by atoms with Gasteiger partial charge in [0.05, 0.1) is 12.1 Å². The van der Waals surface area contributed by atoms with Crippen LogP contribution in [0.1, 0.15) is 20.8 Å². The lowest BCUT2D eigenvalue weighted by atomic mass is 10.1. The van der Waals surface area contributed by atoms with Crippen LogP contribution >= 0.6 is 11.6 Å². The van der Waals surface area contributed by atoms with Crippen LogP contribution in [0.15, 0.2) is 30.5 Å². The van der Waals surface area contributed by atoms with E-state index in [-0.39, 0.29) is 30.2 Å². The van der Waals surface area contributed by atoms with Gasteiger partial charge in [-0.15, -0.1) is 0 Å². The number of carbonyl (C=O) groups is 1. The second-order valence-electron chi connectivity index (χ2n) is 6.84. The van der Waals surface area contributed by atoms with Crippen molar-refractivity contribution in [1.82, 2.24) is 0 Å². The van der Waals surface area contributed by atoms with Gasteiger partial charge in [0.1, 0.15) is 23.7 Å². The predicted octanol–water partition coefficient (Wildman–Crippen LogP) is 3.91. The number of hydrogen-bond donors (Lipinski definition) is 0. The summed E-state index contributed by atoms with van der Waals surface area (Å²) < 4.78 is 25.6. The average molecular weight is 381 g/mol. The number of rotatable bonds is 1. The van der Waals surface area contributed by atoms with Gasteiger partial charge in [0.2, 0.25) is 17.6 Å². The van der Waals surface area contributed by atoms with E-state index >= 15 is 0 Å². The van der Waals surface area contributed by atoms with Crippen molar-refractivity contribution in [3.63, 3.8) is 0 Å². The van der Waals surface area contributed by atoms with E-state index in [2.05, 4.69) is 0 Å². The molecule has 0 aliphatic carbocycles. The van der Waals surface area contributed by atoms with Gasteiger partial charge in [0.15, 0.2) is 0 Å². The Bertz CT molecular complexity index is 867. The topological polar surface area (TPSA) is 65.7 Å². The first-order valence-electron chi connectivity index (χ1n) is 8.02. The average Bonchev–Trinajstić information content (AvgIpc) is 2.54. The number of amides is 1. The molecule has 0 bridgehead atoms. The zero-order valence-electron chi connectivity index (χ0n) is 14.6. The van der Waals surface area contributed by atoms with E-state index in [0.29, 0.717) is 15.4 Å². The fraction of sp³-hybridized carbons (Fsp3) is 0.333. The summed E-state index contributed by atoms with van der Waals surface area (Å²) in [5.41, 5.74) is -0.287. The zero-order valence-corrected chi connectivity index (χ0v) is 15.3. The number of aromatic nitrogens is 1. The third-order valence-electron chi connectivity index (χ3n) is 3.68. The molecule has 0 atom stereocenters. The van der Waals surface area contributed by atoms with Gasteiger partial charge in [-0.2, -0.15) is 4.73 Å². The Morgan fingerprint density at radius 2 is 2.12 bits per heavy atom. The number of fused-ring (bicyclic) bond motifs is 1. The summed E-state index contributed by atoms with van der Waals surface area (Å²) in [7, 11) is 0. The highest BCUT2D eigenvalue weighted by atomic mass is 35.5. The number of halogens is 2. The molecule has 2 aromatic rings. The Balaban J connectivity index is 2.08. The molecule has 8 heteroatoms. The minimum absolute atomic E-state index is 0.0165.